The first-order valence-electron chi connectivity index (χ1n) is 6.56. The first-order chi connectivity index (χ1) is 10.1. The average molecular weight is 285 g/mol. The number of non-ortho nitro benzene ring substituents is 1. The van der Waals surface area contributed by atoms with Crippen molar-refractivity contribution in [2.24, 2.45) is 0 Å². The van der Waals surface area contributed by atoms with Gasteiger partial charge < -0.3 is 4.74 Å². The number of ether oxygens (including phenoxy) is 1. The minimum Gasteiger partial charge on any atom is -0.427 e. The third-order valence-electron chi connectivity index (χ3n) is 3.12. The molecule has 5 nitrogen and oxygen atoms in total. The second-order valence-electron chi connectivity index (χ2n) is 4.74. The highest BCUT2D eigenvalue weighted by Crippen LogP contribution is 2.21. The van der Waals surface area contributed by atoms with Crippen molar-refractivity contribution in [1.82, 2.24) is 0 Å². The summed E-state index contributed by atoms with van der Waals surface area (Å²) < 4.78 is 5.18. The predicted octanol–water partition coefficient (Wildman–Crippen LogP) is 3.69. The van der Waals surface area contributed by atoms with E-state index in [4.69, 9.17) is 4.74 Å². The van der Waals surface area contributed by atoms with Crippen LogP contribution in [0.5, 0.6) is 5.75 Å². The number of hydrogen-bond acceptors (Lipinski definition) is 4. The van der Waals surface area contributed by atoms with E-state index in [1.54, 1.807) is 0 Å². The molecular formula is C16H15NO4. The summed E-state index contributed by atoms with van der Waals surface area (Å²) in [4.78, 5) is 21.9. The lowest BCUT2D eigenvalue weighted by molar-refractivity contribution is -0.384. The minimum absolute atomic E-state index is 0.0348. The van der Waals surface area contributed by atoms with Crippen LogP contribution in [0.4, 0.5) is 5.69 Å². The van der Waals surface area contributed by atoms with Gasteiger partial charge in [-0.25, -0.2) is 0 Å². The molecule has 21 heavy (non-hydrogen) atoms. The van der Waals surface area contributed by atoms with E-state index in [-0.39, 0.29) is 24.0 Å². The van der Waals surface area contributed by atoms with Gasteiger partial charge in [0, 0.05) is 12.1 Å². The Morgan fingerprint density at radius 3 is 2.33 bits per heavy atom. The fourth-order valence-electron chi connectivity index (χ4n) is 1.96. The van der Waals surface area contributed by atoms with E-state index >= 15 is 0 Å². The summed E-state index contributed by atoms with van der Waals surface area (Å²) in [7, 11) is 0. The molecule has 2 rings (SSSR count). The van der Waals surface area contributed by atoms with E-state index in [0.29, 0.717) is 5.75 Å². The Morgan fingerprint density at radius 2 is 1.76 bits per heavy atom. The predicted molar refractivity (Wildman–Crippen MR) is 78.2 cm³/mol. The first-order valence-corrected chi connectivity index (χ1v) is 6.56. The number of esters is 1. The molecule has 0 heterocycles. The summed E-state index contributed by atoms with van der Waals surface area (Å²) in [6.45, 7) is 1.95. The molecule has 2 aromatic rings. The molecule has 0 spiro atoms. The molecule has 0 aliphatic rings. The molecule has 0 saturated heterocycles. The van der Waals surface area contributed by atoms with Crippen LogP contribution in [0.2, 0.25) is 0 Å². The highest BCUT2D eigenvalue weighted by Gasteiger charge is 2.13. The van der Waals surface area contributed by atoms with Gasteiger partial charge in [0.2, 0.25) is 0 Å². The maximum absolute atomic E-state index is 11.9. The Hall–Kier alpha value is -2.69. The van der Waals surface area contributed by atoms with Crippen molar-refractivity contribution in [2.75, 3.05) is 0 Å². The maximum Gasteiger partial charge on any atom is 0.311 e. The number of benzene rings is 2. The standard InChI is InChI=1S/C16H15NO4/c1-12(13-5-3-2-4-6-13)11-16(18)21-15-9-7-14(8-10-15)17(19)20/h2-10,12H,11H2,1H3/t12-/m1/s1. The molecule has 0 N–H and O–H groups in total. The summed E-state index contributed by atoms with van der Waals surface area (Å²) in [5.41, 5.74) is 1.03. The SMILES string of the molecule is C[C@H](CC(=O)Oc1ccc([N+](=O)[O-])cc1)c1ccccc1. The molecule has 0 fully saturated rings. The fourth-order valence-corrected chi connectivity index (χ4v) is 1.96. The number of hydrogen-bond donors (Lipinski definition) is 0. The van der Waals surface area contributed by atoms with Gasteiger partial charge >= 0.3 is 5.97 Å². The number of nitro groups is 1. The van der Waals surface area contributed by atoms with Crippen LogP contribution >= 0.6 is 0 Å². The number of nitrogens with zero attached hydrogens (tertiary/aromatic N) is 1. The molecule has 0 unspecified atom stereocenters. The lowest BCUT2D eigenvalue weighted by atomic mass is 9.98. The first kappa shape index (κ1) is 14.7. The molecule has 0 bridgehead atoms. The van der Waals surface area contributed by atoms with Crippen LogP contribution in [-0.4, -0.2) is 10.9 Å². The van der Waals surface area contributed by atoms with Crippen molar-refractivity contribution in [3.63, 3.8) is 0 Å². The third kappa shape index (κ3) is 4.14. The molecule has 1 atom stereocenters. The second kappa shape index (κ2) is 6.65. The molecule has 5 heteroatoms. The van der Waals surface area contributed by atoms with Crippen molar-refractivity contribution < 1.29 is 14.5 Å². The number of rotatable bonds is 5. The van der Waals surface area contributed by atoms with Crippen LogP contribution in [0.25, 0.3) is 0 Å². The number of nitro benzene ring substituents is 1. The molecule has 0 amide bonds. The highest BCUT2D eigenvalue weighted by atomic mass is 16.6. The smallest absolute Gasteiger partial charge is 0.311 e. The van der Waals surface area contributed by atoms with Crippen LogP contribution < -0.4 is 4.74 Å². The van der Waals surface area contributed by atoms with E-state index in [1.165, 1.54) is 24.3 Å². The minimum atomic E-state index is -0.497. The van der Waals surface area contributed by atoms with Gasteiger partial charge in [0.15, 0.2) is 0 Å². The number of carbonyl (C=O) groups is 1. The van der Waals surface area contributed by atoms with Gasteiger partial charge in [0.05, 0.1) is 11.3 Å². The lowest BCUT2D eigenvalue weighted by Crippen LogP contribution is -2.11. The van der Waals surface area contributed by atoms with Gasteiger partial charge in [-0.3, -0.25) is 14.9 Å². The van der Waals surface area contributed by atoms with Crippen LogP contribution in [-0.2, 0) is 4.79 Å². The van der Waals surface area contributed by atoms with Gasteiger partial charge in [0.25, 0.3) is 5.69 Å². The number of carbonyl (C=O) groups excluding carboxylic acids is 1. The molecule has 0 radical (unpaired) electrons. The van der Waals surface area contributed by atoms with E-state index in [1.807, 2.05) is 37.3 Å². The Bertz CT molecular complexity index is 622. The molecule has 0 saturated carbocycles. The van der Waals surface area contributed by atoms with Crippen molar-refractivity contribution in [3.05, 3.63) is 70.3 Å². The monoisotopic (exact) mass is 285 g/mol. The Balaban J connectivity index is 1.94. The second-order valence-corrected chi connectivity index (χ2v) is 4.74. The normalized spacial score (nSPS) is 11.7. The van der Waals surface area contributed by atoms with Crippen LogP contribution in [0.15, 0.2) is 54.6 Å². The zero-order chi connectivity index (χ0) is 15.2. The summed E-state index contributed by atoms with van der Waals surface area (Å²) in [5, 5.41) is 10.5. The molecule has 0 aliphatic carbocycles. The van der Waals surface area contributed by atoms with E-state index in [0.717, 1.165) is 5.56 Å². The van der Waals surface area contributed by atoms with E-state index in [2.05, 4.69) is 0 Å². The lowest BCUT2D eigenvalue weighted by Gasteiger charge is -2.11. The van der Waals surface area contributed by atoms with Gasteiger partial charge in [0.1, 0.15) is 5.75 Å². The van der Waals surface area contributed by atoms with Gasteiger partial charge in [-0.1, -0.05) is 37.3 Å². The molecule has 0 aliphatic heterocycles. The molecule has 2 aromatic carbocycles. The van der Waals surface area contributed by atoms with Crippen LogP contribution in [0.3, 0.4) is 0 Å². The zero-order valence-corrected chi connectivity index (χ0v) is 11.6. The van der Waals surface area contributed by atoms with Gasteiger partial charge in [-0.05, 0) is 23.6 Å². The van der Waals surface area contributed by atoms with Crippen molar-refractivity contribution in [3.8, 4) is 5.75 Å². The van der Waals surface area contributed by atoms with Crippen LogP contribution in [0.1, 0.15) is 24.8 Å². The largest absolute Gasteiger partial charge is 0.427 e. The van der Waals surface area contributed by atoms with Crippen LogP contribution in [0, 0.1) is 10.1 Å². The molecule has 108 valence electrons. The topological polar surface area (TPSA) is 69.4 Å². The molecular weight excluding hydrogens is 270 g/mol. The van der Waals surface area contributed by atoms with E-state index in [9.17, 15) is 14.9 Å². The quantitative estimate of drug-likeness (QED) is 0.363. The summed E-state index contributed by atoms with van der Waals surface area (Å²) >= 11 is 0. The average Bonchev–Trinajstić information content (AvgIpc) is 2.48. The van der Waals surface area contributed by atoms with Crippen molar-refractivity contribution in [2.45, 2.75) is 19.3 Å². The molecule has 0 aromatic heterocycles. The van der Waals surface area contributed by atoms with Gasteiger partial charge in [-0.2, -0.15) is 0 Å². The highest BCUT2D eigenvalue weighted by molar-refractivity contribution is 5.73. The maximum atomic E-state index is 11.9. The van der Waals surface area contributed by atoms with E-state index < -0.39 is 4.92 Å². The summed E-state index contributed by atoms with van der Waals surface area (Å²) in [5.74, 6) is 0.00261. The zero-order valence-electron chi connectivity index (χ0n) is 11.6. The Labute approximate surface area is 122 Å². The Kier molecular flexibility index (Phi) is 4.66. The fraction of sp³-hybridized carbons (Fsp3) is 0.188. The summed E-state index contributed by atoms with van der Waals surface area (Å²) in [6.07, 6.45) is 0.251. The third-order valence-corrected chi connectivity index (χ3v) is 3.12. The Morgan fingerprint density at radius 1 is 1.14 bits per heavy atom. The van der Waals surface area contributed by atoms with Gasteiger partial charge in [-0.15, -0.1) is 0 Å². The van der Waals surface area contributed by atoms with Crippen molar-refractivity contribution in [1.29, 1.82) is 0 Å². The summed E-state index contributed by atoms with van der Waals surface area (Å²) in [6, 6.07) is 15.2. The van der Waals surface area contributed by atoms with Crippen molar-refractivity contribution >= 4 is 11.7 Å².